The molecule has 0 radical (unpaired) electrons. The summed E-state index contributed by atoms with van der Waals surface area (Å²) >= 11 is 0. The Labute approximate surface area is 122 Å². The lowest BCUT2D eigenvalue weighted by atomic mass is 9.77. The first-order chi connectivity index (χ1) is 9.06. The van der Waals surface area contributed by atoms with Crippen molar-refractivity contribution in [3.05, 3.63) is 28.8 Å². The van der Waals surface area contributed by atoms with Crippen LogP contribution in [0.5, 0.6) is 0 Å². The molecule has 20 heavy (non-hydrogen) atoms. The molecule has 0 amide bonds. The Bertz CT molecular complexity index is 595. The molecule has 1 aliphatic carbocycles. The molecule has 3 rings (SSSR count). The van der Waals surface area contributed by atoms with Crippen molar-refractivity contribution in [3.63, 3.8) is 0 Å². The molecule has 0 bridgehead atoms. The van der Waals surface area contributed by atoms with Crippen LogP contribution in [0, 0.1) is 0 Å². The van der Waals surface area contributed by atoms with Gasteiger partial charge < -0.3 is 5.32 Å². The Hall–Kier alpha value is -1.31. The maximum Gasteiger partial charge on any atom is 0.190 e. The van der Waals surface area contributed by atoms with Crippen molar-refractivity contribution in [2.45, 2.75) is 70.8 Å². The normalized spacial score (nSPS) is 20.0. The van der Waals surface area contributed by atoms with E-state index in [9.17, 15) is 4.79 Å². The molecule has 1 aliphatic heterocycles. The molecule has 0 atom stereocenters. The van der Waals surface area contributed by atoms with Crippen molar-refractivity contribution < 1.29 is 4.79 Å². The first-order valence-corrected chi connectivity index (χ1v) is 7.57. The summed E-state index contributed by atoms with van der Waals surface area (Å²) in [6, 6.07) is 4.38. The summed E-state index contributed by atoms with van der Waals surface area (Å²) in [5.74, 6) is 0.323. The predicted molar refractivity (Wildman–Crippen MR) is 83.8 cm³/mol. The smallest absolute Gasteiger partial charge is 0.190 e. The first-order valence-electron chi connectivity index (χ1n) is 7.57. The van der Waals surface area contributed by atoms with E-state index in [-0.39, 0.29) is 16.4 Å². The van der Waals surface area contributed by atoms with Crippen molar-refractivity contribution in [1.82, 2.24) is 0 Å². The average Bonchev–Trinajstić information content (AvgIpc) is 2.99. The highest BCUT2D eigenvalue weighted by molar-refractivity contribution is 6.17. The van der Waals surface area contributed by atoms with Crippen molar-refractivity contribution in [2.24, 2.45) is 0 Å². The van der Waals surface area contributed by atoms with Crippen LogP contribution in [0.2, 0.25) is 0 Å². The lowest BCUT2D eigenvalue weighted by molar-refractivity contribution is 0.0967. The molecular formula is C18H25NO. The van der Waals surface area contributed by atoms with Crippen LogP contribution in [0.3, 0.4) is 0 Å². The van der Waals surface area contributed by atoms with E-state index in [4.69, 9.17) is 0 Å². The molecular weight excluding hydrogens is 246 g/mol. The third-order valence-corrected chi connectivity index (χ3v) is 4.60. The number of benzene rings is 1. The fraction of sp³-hybridized carbons (Fsp3) is 0.611. The maximum absolute atomic E-state index is 12.9. The van der Waals surface area contributed by atoms with Gasteiger partial charge in [0.15, 0.2) is 5.78 Å². The van der Waals surface area contributed by atoms with Gasteiger partial charge in [-0.2, -0.15) is 0 Å². The number of hydrogen-bond donors (Lipinski definition) is 1. The number of hydrogen-bond acceptors (Lipinski definition) is 2. The number of Topliss-reactive ketones (excluding diaryl/α,β-unsaturated/α-hetero) is 1. The molecule has 0 aromatic heterocycles. The van der Waals surface area contributed by atoms with Gasteiger partial charge in [0, 0.05) is 11.3 Å². The van der Waals surface area contributed by atoms with Crippen LogP contribution in [-0.4, -0.2) is 11.3 Å². The third kappa shape index (κ3) is 1.81. The van der Waals surface area contributed by atoms with E-state index in [1.54, 1.807) is 0 Å². The first kappa shape index (κ1) is 13.7. The van der Waals surface area contributed by atoms with Crippen LogP contribution in [0.1, 0.15) is 75.9 Å². The topological polar surface area (TPSA) is 29.1 Å². The minimum absolute atomic E-state index is 0.00173. The SMILES string of the molecule is CC(C)(C)c1ccc(C(C)(C)C)c2c1NC1(CC1)C2=O. The van der Waals surface area contributed by atoms with E-state index in [0.29, 0.717) is 5.78 Å². The van der Waals surface area contributed by atoms with Crippen molar-refractivity contribution in [2.75, 3.05) is 5.32 Å². The molecule has 1 spiro atoms. The standard InChI is InChI=1S/C18H25NO/c1-16(2,3)11-7-8-12(17(4,5)6)14-13(11)15(20)18(19-14)9-10-18/h7-8,19H,9-10H2,1-6H3. The Morgan fingerprint density at radius 3 is 1.90 bits per heavy atom. The maximum atomic E-state index is 12.9. The monoisotopic (exact) mass is 271 g/mol. The van der Waals surface area contributed by atoms with E-state index in [2.05, 4.69) is 59.0 Å². The summed E-state index contributed by atoms with van der Waals surface area (Å²) in [6.07, 6.45) is 1.96. The number of fused-ring (bicyclic) bond motifs is 1. The highest BCUT2D eigenvalue weighted by Gasteiger charge is 2.56. The van der Waals surface area contributed by atoms with Gasteiger partial charge in [-0.3, -0.25) is 4.79 Å². The Kier molecular flexibility index (Phi) is 2.50. The number of anilines is 1. The molecule has 0 unspecified atom stereocenters. The number of rotatable bonds is 0. The van der Waals surface area contributed by atoms with E-state index >= 15 is 0 Å². The molecule has 1 saturated carbocycles. The molecule has 1 N–H and O–H groups in total. The number of carbonyl (C=O) groups excluding carboxylic acids is 1. The number of ketones is 1. The van der Waals surface area contributed by atoms with Crippen LogP contribution in [0.4, 0.5) is 5.69 Å². The van der Waals surface area contributed by atoms with Crippen molar-refractivity contribution in [3.8, 4) is 0 Å². The van der Waals surface area contributed by atoms with Crippen molar-refractivity contribution >= 4 is 11.5 Å². The van der Waals surface area contributed by atoms with Crippen LogP contribution in [-0.2, 0) is 10.8 Å². The quantitative estimate of drug-likeness (QED) is 0.756. The summed E-state index contributed by atoms with van der Waals surface area (Å²) in [5, 5.41) is 3.57. The third-order valence-electron chi connectivity index (χ3n) is 4.60. The minimum atomic E-state index is -0.260. The zero-order valence-corrected chi connectivity index (χ0v) is 13.5. The Balaban J connectivity index is 2.27. The van der Waals surface area contributed by atoms with Gasteiger partial charge in [-0.25, -0.2) is 0 Å². The average molecular weight is 271 g/mol. The minimum Gasteiger partial charge on any atom is -0.372 e. The molecule has 1 heterocycles. The second kappa shape index (κ2) is 3.66. The van der Waals surface area contributed by atoms with Gasteiger partial charge in [0.1, 0.15) is 5.54 Å². The molecule has 2 nitrogen and oxygen atoms in total. The zero-order valence-electron chi connectivity index (χ0n) is 13.5. The summed E-state index contributed by atoms with van der Waals surface area (Å²) in [6.45, 7) is 13.2. The Morgan fingerprint density at radius 2 is 1.45 bits per heavy atom. The van der Waals surface area contributed by atoms with Gasteiger partial charge in [0.2, 0.25) is 0 Å². The van der Waals surface area contributed by atoms with Crippen LogP contribution in [0.15, 0.2) is 12.1 Å². The van der Waals surface area contributed by atoms with Gasteiger partial charge in [-0.15, -0.1) is 0 Å². The van der Waals surface area contributed by atoms with Gasteiger partial charge >= 0.3 is 0 Å². The zero-order chi connectivity index (χ0) is 14.9. The Morgan fingerprint density at radius 1 is 0.950 bits per heavy atom. The van der Waals surface area contributed by atoms with E-state index in [0.717, 1.165) is 24.1 Å². The second-order valence-electron chi connectivity index (χ2n) is 8.45. The van der Waals surface area contributed by atoms with E-state index < -0.39 is 0 Å². The molecule has 1 aromatic carbocycles. The summed E-state index contributed by atoms with van der Waals surface area (Å²) in [5.41, 5.74) is 4.30. The van der Waals surface area contributed by atoms with E-state index in [1.807, 2.05) is 0 Å². The lowest BCUT2D eigenvalue weighted by Crippen LogP contribution is -2.25. The second-order valence-corrected chi connectivity index (χ2v) is 8.45. The van der Waals surface area contributed by atoms with E-state index in [1.165, 1.54) is 11.1 Å². The number of carbonyl (C=O) groups is 1. The molecule has 1 aromatic rings. The predicted octanol–water partition coefficient (Wildman–Crippen LogP) is 4.42. The van der Waals surface area contributed by atoms with Crippen LogP contribution < -0.4 is 5.32 Å². The van der Waals surface area contributed by atoms with Crippen molar-refractivity contribution in [1.29, 1.82) is 0 Å². The van der Waals surface area contributed by atoms with Gasteiger partial charge in [-0.05, 0) is 34.8 Å². The van der Waals surface area contributed by atoms with Gasteiger partial charge in [0.05, 0.1) is 0 Å². The molecule has 2 heteroatoms. The summed E-state index contributed by atoms with van der Waals surface area (Å²) in [4.78, 5) is 12.9. The highest BCUT2D eigenvalue weighted by atomic mass is 16.1. The summed E-state index contributed by atoms with van der Waals surface area (Å²) in [7, 11) is 0. The fourth-order valence-electron chi connectivity index (χ4n) is 3.23. The highest BCUT2D eigenvalue weighted by Crippen LogP contribution is 2.52. The van der Waals surface area contributed by atoms with Crippen LogP contribution >= 0.6 is 0 Å². The van der Waals surface area contributed by atoms with Gasteiger partial charge in [-0.1, -0.05) is 53.7 Å². The fourth-order valence-corrected chi connectivity index (χ4v) is 3.23. The molecule has 2 aliphatic rings. The molecule has 0 saturated heterocycles. The lowest BCUT2D eigenvalue weighted by Gasteiger charge is -2.27. The van der Waals surface area contributed by atoms with Gasteiger partial charge in [0.25, 0.3) is 0 Å². The number of nitrogens with one attached hydrogen (secondary N) is 1. The summed E-state index contributed by atoms with van der Waals surface area (Å²) < 4.78 is 0. The van der Waals surface area contributed by atoms with Crippen LogP contribution in [0.25, 0.3) is 0 Å². The largest absolute Gasteiger partial charge is 0.372 e. The molecule has 108 valence electrons. The molecule has 1 fully saturated rings.